The van der Waals surface area contributed by atoms with Gasteiger partial charge in [-0.15, -0.1) is 0 Å². The Morgan fingerprint density at radius 1 is 1.07 bits per heavy atom. The van der Waals surface area contributed by atoms with Gasteiger partial charge in [0.05, 0.1) is 12.7 Å². The van der Waals surface area contributed by atoms with E-state index in [-0.39, 0.29) is 25.2 Å². The van der Waals surface area contributed by atoms with Crippen molar-refractivity contribution in [2.24, 2.45) is 5.41 Å². The largest absolute Gasteiger partial charge is 0.462 e. The van der Waals surface area contributed by atoms with Crippen molar-refractivity contribution in [3.05, 3.63) is 0 Å². The summed E-state index contributed by atoms with van der Waals surface area (Å²) in [6.45, 7) is 13.3. The Labute approximate surface area is 177 Å². The maximum Gasteiger partial charge on any atom is 0.337 e. The molecule has 0 aromatic carbocycles. The summed E-state index contributed by atoms with van der Waals surface area (Å²) >= 11 is 0. The molecule has 1 amide bonds. The van der Waals surface area contributed by atoms with Crippen LogP contribution in [0.25, 0.3) is 0 Å². The number of unbranched alkanes of at least 4 members (excludes halogenated alkanes) is 1. The van der Waals surface area contributed by atoms with Gasteiger partial charge in [-0.05, 0) is 67.6 Å². The molecule has 0 aliphatic carbocycles. The van der Waals surface area contributed by atoms with Gasteiger partial charge >= 0.3 is 5.97 Å². The SMILES string of the molecule is CCCCOC(C)(C)C(=O)OCC(C)(COC(C)CC)C(=O)NCCCN(C)C. The number of rotatable bonds is 16. The molecule has 0 aromatic heterocycles. The smallest absolute Gasteiger partial charge is 0.337 e. The topological polar surface area (TPSA) is 77.1 Å². The predicted molar refractivity (Wildman–Crippen MR) is 116 cm³/mol. The fraction of sp³-hybridized carbons (Fsp3) is 0.909. The summed E-state index contributed by atoms with van der Waals surface area (Å²) in [7, 11) is 3.99. The first kappa shape index (κ1) is 27.8. The molecule has 0 radical (unpaired) electrons. The van der Waals surface area contributed by atoms with Gasteiger partial charge in [-0.2, -0.15) is 0 Å². The fourth-order valence-electron chi connectivity index (χ4n) is 2.36. The molecule has 0 bridgehead atoms. The van der Waals surface area contributed by atoms with Crippen LogP contribution in [0.3, 0.4) is 0 Å². The summed E-state index contributed by atoms with van der Waals surface area (Å²) in [5.74, 6) is -0.638. The zero-order valence-corrected chi connectivity index (χ0v) is 19.9. The van der Waals surface area contributed by atoms with Gasteiger partial charge in [0, 0.05) is 13.2 Å². The molecule has 0 rings (SSSR count). The van der Waals surface area contributed by atoms with E-state index >= 15 is 0 Å². The van der Waals surface area contributed by atoms with E-state index in [0.717, 1.165) is 32.2 Å². The highest BCUT2D eigenvalue weighted by atomic mass is 16.6. The third-order valence-corrected chi connectivity index (χ3v) is 4.85. The van der Waals surface area contributed by atoms with Gasteiger partial charge < -0.3 is 24.4 Å². The normalized spacial score (nSPS) is 15.1. The molecule has 0 saturated carbocycles. The zero-order valence-electron chi connectivity index (χ0n) is 19.9. The Bertz CT molecular complexity index is 482. The zero-order chi connectivity index (χ0) is 22.5. The molecular formula is C22H44N2O5. The van der Waals surface area contributed by atoms with E-state index in [4.69, 9.17) is 14.2 Å². The van der Waals surface area contributed by atoms with E-state index < -0.39 is 17.0 Å². The van der Waals surface area contributed by atoms with E-state index in [2.05, 4.69) is 17.1 Å². The van der Waals surface area contributed by atoms with Crippen molar-refractivity contribution in [1.82, 2.24) is 10.2 Å². The Morgan fingerprint density at radius 2 is 1.72 bits per heavy atom. The molecule has 29 heavy (non-hydrogen) atoms. The predicted octanol–water partition coefficient (Wildman–Crippen LogP) is 3.01. The minimum atomic E-state index is -1.05. The molecule has 7 heteroatoms. The second-order valence-electron chi connectivity index (χ2n) is 8.79. The Kier molecular flexibility index (Phi) is 13.4. The van der Waals surface area contributed by atoms with Crippen LogP contribution < -0.4 is 5.32 Å². The van der Waals surface area contributed by atoms with Gasteiger partial charge in [0.15, 0.2) is 5.60 Å². The summed E-state index contributed by atoms with van der Waals surface area (Å²) in [4.78, 5) is 27.5. The average Bonchev–Trinajstić information content (AvgIpc) is 2.67. The highest BCUT2D eigenvalue weighted by Crippen LogP contribution is 2.22. The molecule has 0 heterocycles. The Balaban J connectivity index is 4.91. The van der Waals surface area contributed by atoms with E-state index in [0.29, 0.717) is 13.2 Å². The first-order valence-electron chi connectivity index (χ1n) is 10.8. The number of nitrogens with one attached hydrogen (secondary N) is 1. The third-order valence-electron chi connectivity index (χ3n) is 4.85. The highest BCUT2D eigenvalue weighted by molar-refractivity contribution is 5.83. The first-order chi connectivity index (χ1) is 13.5. The van der Waals surface area contributed by atoms with Gasteiger partial charge in [0.1, 0.15) is 12.0 Å². The van der Waals surface area contributed by atoms with Crippen LogP contribution in [-0.2, 0) is 23.8 Å². The fourth-order valence-corrected chi connectivity index (χ4v) is 2.36. The van der Waals surface area contributed by atoms with Gasteiger partial charge in [0.25, 0.3) is 0 Å². The maximum absolute atomic E-state index is 12.9. The summed E-state index contributed by atoms with van der Waals surface area (Å²) in [6.07, 6.45) is 3.59. The number of hydrogen-bond donors (Lipinski definition) is 1. The van der Waals surface area contributed by atoms with Crippen LogP contribution in [0.2, 0.25) is 0 Å². The van der Waals surface area contributed by atoms with Gasteiger partial charge in [0.2, 0.25) is 5.91 Å². The molecule has 0 saturated heterocycles. The molecule has 2 unspecified atom stereocenters. The molecule has 0 aromatic rings. The molecule has 0 aliphatic heterocycles. The van der Waals surface area contributed by atoms with E-state index in [1.165, 1.54) is 0 Å². The van der Waals surface area contributed by atoms with Crippen molar-refractivity contribution in [3.8, 4) is 0 Å². The van der Waals surface area contributed by atoms with Crippen LogP contribution >= 0.6 is 0 Å². The molecule has 2 atom stereocenters. The van der Waals surface area contributed by atoms with Gasteiger partial charge in [-0.1, -0.05) is 20.3 Å². The molecule has 1 N–H and O–H groups in total. The highest BCUT2D eigenvalue weighted by Gasteiger charge is 2.38. The number of esters is 1. The van der Waals surface area contributed by atoms with Crippen LogP contribution in [-0.4, -0.2) is 75.5 Å². The van der Waals surface area contributed by atoms with Crippen molar-refractivity contribution in [3.63, 3.8) is 0 Å². The second-order valence-corrected chi connectivity index (χ2v) is 8.79. The van der Waals surface area contributed by atoms with Crippen LogP contribution in [0.15, 0.2) is 0 Å². The standard InChI is InChI=1S/C22H44N2O5/c1-9-11-15-29-21(4,5)20(26)28-17-22(6,16-27-18(3)10-2)19(25)23-13-12-14-24(7)8/h18H,9-17H2,1-8H3,(H,23,25). The number of hydrogen-bond acceptors (Lipinski definition) is 6. The number of nitrogens with zero attached hydrogens (tertiary/aromatic N) is 1. The van der Waals surface area contributed by atoms with Crippen molar-refractivity contribution in [2.75, 3.05) is 47.0 Å². The quantitative estimate of drug-likeness (QED) is 0.308. The molecule has 0 spiro atoms. The average molecular weight is 417 g/mol. The summed E-state index contributed by atoms with van der Waals surface area (Å²) in [5, 5.41) is 2.96. The summed E-state index contributed by atoms with van der Waals surface area (Å²) in [5.41, 5.74) is -2.01. The lowest BCUT2D eigenvalue weighted by Gasteiger charge is -2.31. The lowest BCUT2D eigenvalue weighted by molar-refractivity contribution is -0.174. The molecular weight excluding hydrogens is 372 g/mol. The number of carbonyl (C=O) groups excluding carboxylic acids is 2. The van der Waals surface area contributed by atoms with Crippen molar-refractivity contribution >= 4 is 11.9 Å². The molecule has 7 nitrogen and oxygen atoms in total. The summed E-state index contributed by atoms with van der Waals surface area (Å²) in [6, 6.07) is 0. The first-order valence-corrected chi connectivity index (χ1v) is 10.8. The van der Waals surface area contributed by atoms with Crippen LogP contribution in [0.5, 0.6) is 0 Å². The van der Waals surface area contributed by atoms with Gasteiger partial charge in [-0.25, -0.2) is 4.79 Å². The van der Waals surface area contributed by atoms with E-state index in [1.54, 1.807) is 20.8 Å². The molecule has 172 valence electrons. The minimum absolute atomic E-state index is 0.0281. The van der Waals surface area contributed by atoms with Gasteiger partial charge in [-0.3, -0.25) is 4.79 Å². The van der Waals surface area contributed by atoms with Crippen molar-refractivity contribution in [1.29, 1.82) is 0 Å². The molecule has 0 aliphatic rings. The van der Waals surface area contributed by atoms with Crippen LogP contribution in [0.4, 0.5) is 0 Å². The third kappa shape index (κ3) is 11.6. The minimum Gasteiger partial charge on any atom is -0.462 e. The van der Waals surface area contributed by atoms with E-state index in [9.17, 15) is 9.59 Å². The van der Waals surface area contributed by atoms with Crippen molar-refractivity contribution < 1.29 is 23.8 Å². The lowest BCUT2D eigenvalue weighted by atomic mass is 9.91. The Hall–Kier alpha value is -1.18. The lowest BCUT2D eigenvalue weighted by Crippen LogP contribution is -2.48. The van der Waals surface area contributed by atoms with Crippen LogP contribution in [0, 0.1) is 5.41 Å². The Morgan fingerprint density at radius 3 is 2.28 bits per heavy atom. The van der Waals surface area contributed by atoms with E-state index in [1.807, 2.05) is 27.9 Å². The number of amides is 1. The molecule has 0 fully saturated rings. The second kappa shape index (κ2) is 13.9. The monoisotopic (exact) mass is 416 g/mol. The maximum atomic E-state index is 12.9. The van der Waals surface area contributed by atoms with Crippen molar-refractivity contribution in [2.45, 2.75) is 78.9 Å². The van der Waals surface area contributed by atoms with Crippen LogP contribution in [0.1, 0.15) is 67.2 Å². The number of ether oxygens (including phenoxy) is 3. The summed E-state index contributed by atoms with van der Waals surface area (Å²) < 4.78 is 17.0. The number of carbonyl (C=O) groups is 2.